The zero-order chi connectivity index (χ0) is 7.40. The van der Waals surface area contributed by atoms with E-state index in [4.69, 9.17) is 5.21 Å². The summed E-state index contributed by atoms with van der Waals surface area (Å²) >= 11 is 0. The first kappa shape index (κ1) is 7.25. The fourth-order valence-electron chi connectivity index (χ4n) is 1.08. The van der Waals surface area contributed by atoms with Gasteiger partial charge in [0.05, 0.1) is 12.1 Å². The van der Waals surface area contributed by atoms with Crippen molar-refractivity contribution in [2.45, 2.75) is 19.3 Å². The third-order valence-electron chi connectivity index (χ3n) is 1.68. The first-order chi connectivity index (χ1) is 4.84. The van der Waals surface area contributed by atoms with Crippen LogP contribution in [0.25, 0.3) is 0 Å². The second-order valence-electron chi connectivity index (χ2n) is 2.40. The summed E-state index contributed by atoms with van der Waals surface area (Å²) in [6.45, 7) is 0. The molecule has 0 aromatic rings. The second kappa shape index (κ2) is 3.34. The summed E-state index contributed by atoms with van der Waals surface area (Å²) in [6, 6.07) is 0. The van der Waals surface area contributed by atoms with Crippen LogP contribution in [0, 0.1) is 12.3 Å². The van der Waals surface area contributed by atoms with E-state index in [0.717, 1.165) is 12.8 Å². The largest absolute Gasteiger partial charge is 0.411 e. The van der Waals surface area contributed by atoms with Crippen molar-refractivity contribution in [2.24, 2.45) is 11.1 Å². The van der Waals surface area contributed by atoms with Gasteiger partial charge in [-0.1, -0.05) is 0 Å². The maximum atomic E-state index is 11.0. The number of carbonyl (C=O) groups is 1. The van der Waals surface area contributed by atoms with Gasteiger partial charge in [0.25, 0.3) is 0 Å². The molecule has 55 valence electrons. The van der Waals surface area contributed by atoms with Crippen molar-refractivity contribution in [3.8, 4) is 0 Å². The molecule has 3 heteroatoms. The van der Waals surface area contributed by atoms with Crippen LogP contribution < -0.4 is 0 Å². The molecule has 1 saturated carbocycles. The molecule has 0 heterocycles. The molecule has 0 amide bonds. The van der Waals surface area contributed by atoms with Crippen LogP contribution in [-0.4, -0.2) is 17.2 Å². The molecule has 3 nitrogen and oxygen atoms in total. The molecule has 1 atom stereocenters. The van der Waals surface area contributed by atoms with Crippen molar-refractivity contribution in [3.63, 3.8) is 0 Å². The summed E-state index contributed by atoms with van der Waals surface area (Å²) in [6.07, 6.45) is 5.54. The van der Waals surface area contributed by atoms with Crippen molar-refractivity contribution < 1.29 is 10.0 Å². The molecule has 1 unspecified atom stereocenters. The van der Waals surface area contributed by atoms with Crippen LogP contribution in [0.15, 0.2) is 5.16 Å². The highest BCUT2D eigenvalue weighted by Gasteiger charge is 2.20. The van der Waals surface area contributed by atoms with Gasteiger partial charge in [-0.05, 0) is 19.3 Å². The zero-order valence-corrected chi connectivity index (χ0v) is 5.66. The quantitative estimate of drug-likeness (QED) is 0.336. The van der Waals surface area contributed by atoms with E-state index in [1.54, 1.807) is 0 Å². The number of nitrogens with zero attached hydrogens (tertiary/aromatic N) is 1. The molecule has 10 heavy (non-hydrogen) atoms. The third kappa shape index (κ3) is 1.56. The Kier molecular flexibility index (Phi) is 2.42. The van der Waals surface area contributed by atoms with Crippen molar-refractivity contribution in [3.05, 3.63) is 6.42 Å². The van der Waals surface area contributed by atoms with Crippen LogP contribution in [-0.2, 0) is 4.79 Å². The second-order valence-corrected chi connectivity index (χ2v) is 2.40. The van der Waals surface area contributed by atoms with Gasteiger partial charge < -0.3 is 5.21 Å². The summed E-state index contributed by atoms with van der Waals surface area (Å²) < 4.78 is 0. The lowest BCUT2D eigenvalue weighted by molar-refractivity contribution is -0.121. The lowest BCUT2D eigenvalue weighted by Crippen LogP contribution is -2.20. The molecule has 0 aromatic carbocycles. The number of oxime groups is 1. The molecule has 1 N–H and O–H groups in total. The van der Waals surface area contributed by atoms with E-state index in [0.29, 0.717) is 6.42 Å². The molecule has 1 fully saturated rings. The van der Waals surface area contributed by atoms with Crippen LogP contribution in [0.5, 0.6) is 0 Å². The maximum absolute atomic E-state index is 11.0. The van der Waals surface area contributed by atoms with E-state index in [1.165, 1.54) is 6.21 Å². The Hall–Kier alpha value is -0.860. The topological polar surface area (TPSA) is 49.7 Å². The summed E-state index contributed by atoms with van der Waals surface area (Å²) in [4.78, 5) is 11.0. The SMILES string of the molecule is O=C1CC[CH]CC1/C=N/O. The fraction of sp³-hybridized carbons (Fsp3) is 0.571. The molecule has 0 aromatic heterocycles. The minimum Gasteiger partial charge on any atom is -0.411 e. The molecule has 1 aliphatic rings. The number of hydrogen-bond acceptors (Lipinski definition) is 3. The fourth-order valence-corrected chi connectivity index (χ4v) is 1.08. The number of hydrogen-bond donors (Lipinski definition) is 1. The van der Waals surface area contributed by atoms with Gasteiger partial charge in [-0.2, -0.15) is 0 Å². The smallest absolute Gasteiger partial charge is 0.141 e. The molecular weight excluding hydrogens is 130 g/mol. The average molecular weight is 140 g/mol. The molecular formula is C7H10NO2. The Morgan fingerprint density at radius 1 is 1.80 bits per heavy atom. The van der Waals surface area contributed by atoms with E-state index in [9.17, 15) is 4.79 Å². The number of ketones is 1. The van der Waals surface area contributed by atoms with E-state index < -0.39 is 0 Å². The van der Waals surface area contributed by atoms with Gasteiger partial charge in [0.1, 0.15) is 5.78 Å². The van der Waals surface area contributed by atoms with Crippen LogP contribution >= 0.6 is 0 Å². The van der Waals surface area contributed by atoms with E-state index in [1.807, 2.05) is 6.42 Å². The number of rotatable bonds is 1. The zero-order valence-electron chi connectivity index (χ0n) is 5.66. The van der Waals surface area contributed by atoms with Crippen molar-refractivity contribution in [2.75, 3.05) is 0 Å². The van der Waals surface area contributed by atoms with E-state index in [-0.39, 0.29) is 11.7 Å². The van der Waals surface area contributed by atoms with Gasteiger partial charge in [-0.25, -0.2) is 0 Å². The Labute approximate surface area is 59.7 Å². The summed E-state index contributed by atoms with van der Waals surface area (Å²) in [5, 5.41) is 11.0. The van der Waals surface area contributed by atoms with Crippen molar-refractivity contribution in [1.82, 2.24) is 0 Å². The first-order valence-electron chi connectivity index (χ1n) is 3.36. The van der Waals surface area contributed by atoms with Crippen LogP contribution in [0.3, 0.4) is 0 Å². The standard InChI is InChI=1S/C7H10NO2/c9-7-4-2-1-3-6(7)5-8-10/h1,5-6,10H,2-4H2/b8-5+. The van der Waals surface area contributed by atoms with E-state index in [2.05, 4.69) is 5.16 Å². The minimum atomic E-state index is -0.168. The van der Waals surface area contributed by atoms with E-state index >= 15 is 0 Å². The van der Waals surface area contributed by atoms with Gasteiger partial charge in [0.2, 0.25) is 0 Å². The summed E-state index contributed by atoms with van der Waals surface area (Å²) in [5.74, 6) is 0.0130. The van der Waals surface area contributed by atoms with Gasteiger partial charge >= 0.3 is 0 Å². The molecule has 1 radical (unpaired) electrons. The Morgan fingerprint density at radius 2 is 2.60 bits per heavy atom. The summed E-state index contributed by atoms with van der Waals surface area (Å²) in [7, 11) is 0. The van der Waals surface area contributed by atoms with Gasteiger partial charge in [0, 0.05) is 6.42 Å². The Morgan fingerprint density at radius 3 is 3.20 bits per heavy atom. The molecule has 0 saturated heterocycles. The normalized spacial score (nSPS) is 27.6. The molecule has 1 rings (SSSR count). The minimum absolute atomic E-state index is 0.168. The monoisotopic (exact) mass is 140 g/mol. The predicted molar refractivity (Wildman–Crippen MR) is 36.9 cm³/mol. The van der Waals surface area contributed by atoms with Crippen LogP contribution in [0.2, 0.25) is 0 Å². The van der Waals surface area contributed by atoms with Crippen LogP contribution in [0.1, 0.15) is 19.3 Å². The highest BCUT2D eigenvalue weighted by atomic mass is 16.4. The van der Waals surface area contributed by atoms with Crippen molar-refractivity contribution in [1.29, 1.82) is 0 Å². The number of Topliss-reactive ketones (excluding diaryl/α,β-unsaturated/α-hetero) is 1. The van der Waals surface area contributed by atoms with Gasteiger partial charge in [0.15, 0.2) is 0 Å². The van der Waals surface area contributed by atoms with Gasteiger partial charge in [-0.15, -0.1) is 5.16 Å². The lowest BCUT2D eigenvalue weighted by Gasteiger charge is -2.14. The lowest BCUT2D eigenvalue weighted by atomic mass is 9.89. The highest BCUT2D eigenvalue weighted by Crippen LogP contribution is 2.17. The number of carbonyl (C=O) groups excluding carboxylic acids is 1. The maximum Gasteiger partial charge on any atom is 0.141 e. The molecule has 0 aliphatic heterocycles. The third-order valence-corrected chi connectivity index (χ3v) is 1.68. The molecule has 0 spiro atoms. The first-order valence-corrected chi connectivity index (χ1v) is 3.36. The molecule has 1 aliphatic carbocycles. The highest BCUT2D eigenvalue weighted by molar-refractivity contribution is 5.95. The summed E-state index contributed by atoms with van der Waals surface area (Å²) in [5.41, 5.74) is 0. The molecule has 0 bridgehead atoms. The Balaban J connectivity index is 2.48. The van der Waals surface area contributed by atoms with Crippen LogP contribution in [0.4, 0.5) is 0 Å². The van der Waals surface area contributed by atoms with Crippen molar-refractivity contribution >= 4 is 12.0 Å². The van der Waals surface area contributed by atoms with Gasteiger partial charge in [-0.3, -0.25) is 4.79 Å². The predicted octanol–water partition coefficient (Wildman–Crippen LogP) is 1.02. The average Bonchev–Trinajstić information content (AvgIpc) is 1.94. The Bertz CT molecular complexity index is 154.